The van der Waals surface area contributed by atoms with Crippen molar-refractivity contribution in [2.75, 3.05) is 0 Å². The van der Waals surface area contributed by atoms with E-state index in [0.717, 1.165) is 6.42 Å². The van der Waals surface area contributed by atoms with Gasteiger partial charge in [0.1, 0.15) is 0 Å². The van der Waals surface area contributed by atoms with Crippen LogP contribution in [0.1, 0.15) is 30.5 Å². The van der Waals surface area contributed by atoms with Crippen LogP contribution in [0.5, 0.6) is 0 Å². The molecule has 82 valence electrons. The molecule has 0 bridgehead atoms. The zero-order valence-electron chi connectivity index (χ0n) is 10.2. The lowest BCUT2D eigenvalue weighted by molar-refractivity contribution is 0.802. The lowest BCUT2D eigenvalue weighted by Gasteiger charge is -2.09. The fraction of sp³-hybridized carbons (Fsp3) is 0.429. The molecule has 1 nitrogen and oxygen atoms in total. The van der Waals surface area contributed by atoms with Crippen molar-refractivity contribution in [3.63, 3.8) is 0 Å². The zero-order chi connectivity index (χ0) is 11.4. The van der Waals surface area contributed by atoms with Crippen LogP contribution in [-0.4, -0.2) is 6.04 Å². The summed E-state index contributed by atoms with van der Waals surface area (Å²) in [5, 5.41) is 0. The minimum absolute atomic E-state index is 0.136. The molecule has 1 atom stereocenters. The SMILES string of the molecule is CC(C)=CC(N)Cc1ccc(C)c(C)c1. The molecule has 0 aliphatic heterocycles. The van der Waals surface area contributed by atoms with Gasteiger partial charge in [0.25, 0.3) is 0 Å². The van der Waals surface area contributed by atoms with E-state index in [1.54, 1.807) is 0 Å². The molecule has 1 aromatic rings. The highest BCUT2D eigenvalue weighted by Gasteiger charge is 2.02. The number of nitrogens with two attached hydrogens (primary N) is 1. The first kappa shape index (κ1) is 12.0. The Kier molecular flexibility index (Phi) is 4.10. The Bertz CT molecular complexity index is 360. The summed E-state index contributed by atoms with van der Waals surface area (Å²) in [5.41, 5.74) is 11.3. The molecule has 0 heterocycles. The van der Waals surface area contributed by atoms with Crippen LogP contribution in [0, 0.1) is 13.8 Å². The zero-order valence-corrected chi connectivity index (χ0v) is 10.2. The summed E-state index contributed by atoms with van der Waals surface area (Å²) < 4.78 is 0. The molecule has 1 heteroatoms. The van der Waals surface area contributed by atoms with Crippen molar-refractivity contribution in [1.82, 2.24) is 0 Å². The van der Waals surface area contributed by atoms with Crippen LogP contribution < -0.4 is 5.73 Å². The molecule has 2 N–H and O–H groups in total. The summed E-state index contributed by atoms with van der Waals surface area (Å²) in [6.45, 7) is 8.45. The van der Waals surface area contributed by atoms with Crippen molar-refractivity contribution in [3.05, 3.63) is 46.5 Å². The highest BCUT2D eigenvalue weighted by molar-refractivity contribution is 5.30. The molecule has 0 saturated carbocycles. The fourth-order valence-electron chi connectivity index (χ4n) is 1.69. The number of hydrogen-bond donors (Lipinski definition) is 1. The second-order valence-corrected chi connectivity index (χ2v) is 4.53. The van der Waals surface area contributed by atoms with E-state index >= 15 is 0 Å². The average Bonchev–Trinajstić information content (AvgIpc) is 2.10. The van der Waals surface area contributed by atoms with Gasteiger partial charge in [0, 0.05) is 6.04 Å². The third-order valence-corrected chi connectivity index (χ3v) is 2.59. The van der Waals surface area contributed by atoms with E-state index in [-0.39, 0.29) is 6.04 Å². The van der Waals surface area contributed by atoms with Gasteiger partial charge in [0.05, 0.1) is 0 Å². The summed E-state index contributed by atoms with van der Waals surface area (Å²) >= 11 is 0. The minimum atomic E-state index is 0.136. The van der Waals surface area contributed by atoms with Gasteiger partial charge in [-0.1, -0.05) is 29.8 Å². The predicted molar refractivity (Wildman–Crippen MR) is 67.0 cm³/mol. The van der Waals surface area contributed by atoms with Crippen LogP contribution in [0.3, 0.4) is 0 Å². The molecule has 0 fully saturated rings. The van der Waals surface area contributed by atoms with Crippen molar-refractivity contribution < 1.29 is 0 Å². The van der Waals surface area contributed by atoms with Gasteiger partial charge < -0.3 is 5.73 Å². The van der Waals surface area contributed by atoms with E-state index in [0.29, 0.717) is 0 Å². The molecule has 0 spiro atoms. The Hall–Kier alpha value is -1.08. The maximum Gasteiger partial charge on any atom is 0.0267 e. The van der Waals surface area contributed by atoms with E-state index in [1.165, 1.54) is 22.3 Å². The van der Waals surface area contributed by atoms with E-state index in [4.69, 9.17) is 5.73 Å². The maximum atomic E-state index is 6.02. The van der Waals surface area contributed by atoms with Crippen LogP contribution in [-0.2, 0) is 6.42 Å². The first-order valence-corrected chi connectivity index (χ1v) is 5.46. The molecular weight excluding hydrogens is 182 g/mol. The fourth-order valence-corrected chi connectivity index (χ4v) is 1.69. The lowest BCUT2D eigenvalue weighted by Crippen LogP contribution is -2.20. The average molecular weight is 203 g/mol. The second kappa shape index (κ2) is 5.13. The Morgan fingerprint density at radius 3 is 2.47 bits per heavy atom. The van der Waals surface area contributed by atoms with Crippen LogP contribution in [0.4, 0.5) is 0 Å². The van der Waals surface area contributed by atoms with Gasteiger partial charge in [-0.25, -0.2) is 0 Å². The first-order valence-electron chi connectivity index (χ1n) is 5.46. The largest absolute Gasteiger partial charge is 0.324 e. The van der Waals surface area contributed by atoms with Crippen molar-refractivity contribution in [1.29, 1.82) is 0 Å². The molecule has 0 aliphatic rings. The number of benzene rings is 1. The smallest absolute Gasteiger partial charge is 0.0267 e. The Labute approximate surface area is 93.0 Å². The van der Waals surface area contributed by atoms with Gasteiger partial charge >= 0.3 is 0 Å². The summed E-state index contributed by atoms with van der Waals surface area (Å²) in [7, 11) is 0. The summed E-state index contributed by atoms with van der Waals surface area (Å²) in [4.78, 5) is 0. The van der Waals surface area contributed by atoms with Crippen LogP contribution >= 0.6 is 0 Å². The number of hydrogen-bond acceptors (Lipinski definition) is 1. The van der Waals surface area contributed by atoms with E-state index < -0.39 is 0 Å². The van der Waals surface area contributed by atoms with Gasteiger partial charge in [-0.3, -0.25) is 0 Å². The third-order valence-electron chi connectivity index (χ3n) is 2.59. The predicted octanol–water partition coefficient (Wildman–Crippen LogP) is 3.14. The van der Waals surface area contributed by atoms with Crippen LogP contribution in [0.25, 0.3) is 0 Å². The van der Waals surface area contributed by atoms with Gasteiger partial charge in [0.15, 0.2) is 0 Å². The van der Waals surface area contributed by atoms with Crippen molar-refractivity contribution in [2.45, 2.75) is 40.2 Å². The number of aryl methyl sites for hydroxylation is 2. The molecule has 0 aliphatic carbocycles. The number of rotatable bonds is 3. The minimum Gasteiger partial charge on any atom is -0.324 e. The van der Waals surface area contributed by atoms with Crippen molar-refractivity contribution in [3.8, 4) is 0 Å². The Balaban J connectivity index is 2.73. The third kappa shape index (κ3) is 3.88. The molecule has 1 rings (SSSR count). The molecule has 0 amide bonds. The monoisotopic (exact) mass is 203 g/mol. The van der Waals surface area contributed by atoms with Crippen LogP contribution in [0.15, 0.2) is 29.8 Å². The van der Waals surface area contributed by atoms with Crippen molar-refractivity contribution in [2.24, 2.45) is 5.73 Å². The van der Waals surface area contributed by atoms with Gasteiger partial charge in [0.2, 0.25) is 0 Å². The molecule has 15 heavy (non-hydrogen) atoms. The Morgan fingerprint density at radius 1 is 1.27 bits per heavy atom. The van der Waals surface area contributed by atoms with Crippen molar-refractivity contribution >= 4 is 0 Å². The molecule has 0 saturated heterocycles. The van der Waals surface area contributed by atoms with Gasteiger partial charge in [-0.15, -0.1) is 0 Å². The standard InChI is InChI=1S/C14H21N/c1-10(2)7-14(15)9-13-6-5-11(3)12(4)8-13/h5-8,14H,9,15H2,1-4H3. The molecule has 0 aromatic heterocycles. The summed E-state index contributed by atoms with van der Waals surface area (Å²) in [5.74, 6) is 0. The lowest BCUT2D eigenvalue weighted by atomic mass is 10.0. The second-order valence-electron chi connectivity index (χ2n) is 4.53. The number of allylic oxidation sites excluding steroid dienone is 1. The van der Waals surface area contributed by atoms with E-state index in [1.807, 2.05) is 0 Å². The molecule has 1 unspecified atom stereocenters. The molecular formula is C14H21N. The maximum absolute atomic E-state index is 6.02. The first-order chi connectivity index (χ1) is 6.99. The highest BCUT2D eigenvalue weighted by Crippen LogP contribution is 2.11. The van der Waals surface area contributed by atoms with Gasteiger partial charge in [-0.05, 0) is 50.8 Å². The highest BCUT2D eigenvalue weighted by atomic mass is 14.6. The summed E-state index contributed by atoms with van der Waals surface area (Å²) in [6.07, 6.45) is 3.04. The van der Waals surface area contributed by atoms with Gasteiger partial charge in [-0.2, -0.15) is 0 Å². The van der Waals surface area contributed by atoms with Crippen LogP contribution in [0.2, 0.25) is 0 Å². The topological polar surface area (TPSA) is 26.0 Å². The van der Waals surface area contributed by atoms with E-state index in [2.05, 4.69) is 52.0 Å². The Morgan fingerprint density at radius 2 is 1.93 bits per heavy atom. The quantitative estimate of drug-likeness (QED) is 0.750. The van der Waals surface area contributed by atoms with E-state index in [9.17, 15) is 0 Å². The molecule has 1 aromatic carbocycles. The summed E-state index contributed by atoms with van der Waals surface area (Å²) in [6, 6.07) is 6.70. The normalized spacial score (nSPS) is 12.3. The molecule has 0 radical (unpaired) electrons.